The van der Waals surface area contributed by atoms with Crippen molar-refractivity contribution in [2.75, 3.05) is 33.3 Å². The van der Waals surface area contributed by atoms with Crippen molar-refractivity contribution in [3.05, 3.63) is 33.2 Å². The molecule has 1 unspecified atom stereocenters. The minimum Gasteiger partial charge on any atom is -0.394 e. The van der Waals surface area contributed by atoms with Crippen molar-refractivity contribution in [1.82, 2.24) is 10.2 Å². The van der Waals surface area contributed by atoms with Gasteiger partial charge in [0.2, 0.25) is 0 Å². The SMILES string of the molecule is CCc1cc2c(s1)C(C)COC21CCN(C/C(C=N)=C/NC)CC1. The van der Waals surface area contributed by atoms with Crippen LogP contribution in [0.4, 0.5) is 0 Å². The van der Waals surface area contributed by atoms with Crippen LogP contribution in [0.1, 0.15) is 47.9 Å². The lowest BCUT2D eigenvalue weighted by Crippen LogP contribution is -2.47. The van der Waals surface area contributed by atoms with Gasteiger partial charge >= 0.3 is 0 Å². The van der Waals surface area contributed by atoms with Crippen LogP contribution in [0.25, 0.3) is 0 Å². The Balaban J connectivity index is 1.74. The molecule has 1 atom stereocenters. The van der Waals surface area contributed by atoms with Crippen molar-refractivity contribution in [2.45, 2.75) is 44.6 Å². The molecule has 0 bridgehead atoms. The molecule has 1 spiro atoms. The number of fused-ring (bicyclic) bond motifs is 2. The molecule has 1 fully saturated rings. The van der Waals surface area contributed by atoms with Gasteiger partial charge in [-0.2, -0.15) is 0 Å². The van der Waals surface area contributed by atoms with E-state index in [2.05, 4.69) is 30.1 Å². The van der Waals surface area contributed by atoms with Crippen LogP contribution >= 0.6 is 11.3 Å². The minimum atomic E-state index is -0.0696. The number of rotatable bonds is 5. The zero-order valence-electron chi connectivity index (χ0n) is 15.0. The molecule has 0 aliphatic carbocycles. The van der Waals surface area contributed by atoms with Crippen molar-refractivity contribution in [3.63, 3.8) is 0 Å². The van der Waals surface area contributed by atoms with E-state index < -0.39 is 0 Å². The summed E-state index contributed by atoms with van der Waals surface area (Å²) in [6.07, 6.45) is 6.59. The molecule has 0 aromatic carbocycles. The third-order valence-electron chi connectivity index (χ3n) is 5.29. The first kappa shape index (κ1) is 17.6. The van der Waals surface area contributed by atoms with Gasteiger partial charge in [-0.25, -0.2) is 0 Å². The summed E-state index contributed by atoms with van der Waals surface area (Å²) in [6, 6.07) is 2.41. The van der Waals surface area contributed by atoms with Gasteiger partial charge in [0.25, 0.3) is 0 Å². The lowest BCUT2D eigenvalue weighted by atomic mass is 9.80. The van der Waals surface area contributed by atoms with Gasteiger partial charge in [-0.1, -0.05) is 13.8 Å². The van der Waals surface area contributed by atoms with Gasteiger partial charge < -0.3 is 15.5 Å². The van der Waals surface area contributed by atoms with Crippen molar-refractivity contribution < 1.29 is 4.74 Å². The minimum absolute atomic E-state index is 0.0696. The van der Waals surface area contributed by atoms with Gasteiger partial charge in [0, 0.05) is 54.8 Å². The molecular weight excluding hydrogens is 318 g/mol. The Labute approximate surface area is 149 Å². The molecule has 0 amide bonds. The highest BCUT2D eigenvalue weighted by atomic mass is 32.1. The van der Waals surface area contributed by atoms with Crippen LogP contribution in [0.15, 0.2) is 17.8 Å². The fourth-order valence-corrected chi connectivity index (χ4v) is 5.08. The topological polar surface area (TPSA) is 48.4 Å². The van der Waals surface area contributed by atoms with E-state index in [-0.39, 0.29) is 5.60 Å². The standard InChI is InChI=1S/C19H29N3OS/c1-4-16-9-17-18(24-16)14(2)13-23-19(17)5-7-22(8-6-19)12-15(10-20)11-21-3/h9-11,14,20-21H,4-8,12-13H2,1-3H3/b15-11+,20-10?. The first-order chi connectivity index (χ1) is 11.6. The number of thiophene rings is 1. The highest BCUT2D eigenvalue weighted by Gasteiger charge is 2.43. The molecule has 0 radical (unpaired) electrons. The van der Waals surface area contributed by atoms with Crippen LogP contribution in [0.5, 0.6) is 0 Å². The lowest BCUT2D eigenvalue weighted by Gasteiger charge is -2.45. The average Bonchev–Trinajstić information content (AvgIpc) is 3.06. The molecule has 4 nitrogen and oxygen atoms in total. The second kappa shape index (κ2) is 7.38. The van der Waals surface area contributed by atoms with Crippen molar-refractivity contribution in [2.24, 2.45) is 0 Å². The van der Waals surface area contributed by atoms with Crippen LogP contribution in [0, 0.1) is 5.41 Å². The number of nitrogens with zero attached hydrogens (tertiary/aromatic N) is 1. The first-order valence-corrected chi connectivity index (χ1v) is 9.79. The summed E-state index contributed by atoms with van der Waals surface area (Å²) in [6.45, 7) is 8.27. The van der Waals surface area contributed by atoms with E-state index in [4.69, 9.17) is 10.1 Å². The largest absolute Gasteiger partial charge is 0.394 e. The number of aryl methyl sites for hydroxylation is 1. The summed E-state index contributed by atoms with van der Waals surface area (Å²) in [5.74, 6) is 0.525. The second-order valence-electron chi connectivity index (χ2n) is 6.98. The maximum atomic E-state index is 7.53. The van der Waals surface area contributed by atoms with Gasteiger partial charge in [-0.15, -0.1) is 11.3 Å². The summed E-state index contributed by atoms with van der Waals surface area (Å²) in [7, 11) is 1.88. The van der Waals surface area contributed by atoms with Crippen LogP contribution in [0.3, 0.4) is 0 Å². The Morgan fingerprint density at radius 2 is 2.25 bits per heavy atom. The lowest BCUT2D eigenvalue weighted by molar-refractivity contribution is -0.102. The van der Waals surface area contributed by atoms with E-state index in [1.54, 1.807) is 4.88 Å². The smallest absolute Gasteiger partial charge is 0.0966 e. The molecule has 3 heterocycles. The highest BCUT2D eigenvalue weighted by molar-refractivity contribution is 7.12. The van der Waals surface area contributed by atoms with E-state index in [9.17, 15) is 0 Å². The molecule has 1 aromatic heterocycles. The summed E-state index contributed by atoms with van der Waals surface area (Å²) in [5, 5.41) is 10.6. The predicted octanol–water partition coefficient (Wildman–Crippen LogP) is 3.49. The zero-order valence-corrected chi connectivity index (χ0v) is 15.8. The molecule has 1 saturated heterocycles. The van der Waals surface area contributed by atoms with Gasteiger partial charge in [0.1, 0.15) is 0 Å². The van der Waals surface area contributed by atoms with Crippen LogP contribution in [-0.4, -0.2) is 44.4 Å². The van der Waals surface area contributed by atoms with Crippen molar-refractivity contribution >= 4 is 17.6 Å². The molecule has 2 aliphatic rings. The maximum absolute atomic E-state index is 7.53. The molecular formula is C19H29N3OS. The molecule has 3 rings (SSSR count). The monoisotopic (exact) mass is 347 g/mol. The Morgan fingerprint density at radius 3 is 2.88 bits per heavy atom. The molecule has 5 heteroatoms. The number of piperidine rings is 1. The Bertz CT molecular complexity index is 614. The Morgan fingerprint density at radius 1 is 1.50 bits per heavy atom. The van der Waals surface area contributed by atoms with Crippen LogP contribution < -0.4 is 5.32 Å². The second-order valence-corrected chi connectivity index (χ2v) is 8.15. The Hall–Kier alpha value is -1.17. The predicted molar refractivity (Wildman–Crippen MR) is 101 cm³/mol. The summed E-state index contributed by atoms with van der Waals surface area (Å²) in [5.41, 5.74) is 2.43. The fraction of sp³-hybridized carbons (Fsp3) is 0.632. The molecule has 0 saturated carbocycles. The van der Waals surface area contributed by atoms with Crippen molar-refractivity contribution in [1.29, 1.82) is 5.41 Å². The Kier molecular flexibility index (Phi) is 5.42. The quantitative estimate of drug-likeness (QED) is 0.802. The zero-order chi connectivity index (χ0) is 17.2. The molecule has 2 N–H and O–H groups in total. The van der Waals surface area contributed by atoms with Crippen molar-refractivity contribution in [3.8, 4) is 0 Å². The first-order valence-electron chi connectivity index (χ1n) is 8.98. The van der Waals surface area contributed by atoms with Gasteiger partial charge in [-0.05, 0) is 36.5 Å². The molecule has 1 aromatic rings. The molecule has 132 valence electrons. The van der Waals surface area contributed by atoms with E-state index in [0.29, 0.717) is 5.92 Å². The number of hydrogen-bond donors (Lipinski definition) is 2. The fourth-order valence-electron chi connectivity index (χ4n) is 3.85. The third kappa shape index (κ3) is 3.30. The number of ether oxygens (including phenoxy) is 1. The highest BCUT2D eigenvalue weighted by Crippen LogP contribution is 2.48. The van der Waals surface area contributed by atoms with Crippen LogP contribution in [0.2, 0.25) is 0 Å². The number of hydrogen-bond acceptors (Lipinski definition) is 5. The average molecular weight is 348 g/mol. The van der Waals surface area contributed by atoms with E-state index in [1.807, 2.05) is 24.6 Å². The normalized spacial score (nSPS) is 24.0. The van der Waals surface area contributed by atoms with Gasteiger partial charge in [0.15, 0.2) is 0 Å². The maximum Gasteiger partial charge on any atom is 0.0966 e. The van der Waals surface area contributed by atoms with E-state index in [1.165, 1.54) is 16.7 Å². The van der Waals surface area contributed by atoms with E-state index >= 15 is 0 Å². The van der Waals surface area contributed by atoms with Gasteiger partial charge in [-0.3, -0.25) is 4.90 Å². The van der Waals surface area contributed by atoms with E-state index in [0.717, 1.165) is 51.1 Å². The summed E-state index contributed by atoms with van der Waals surface area (Å²) >= 11 is 1.99. The summed E-state index contributed by atoms with van der Waals surface area (Å²) < 4.78 is 6.44. The summed E-state index contributed by atoms with van der Waals surface area (Å²) in [4.78, 5) is 5.48. The third-order valence-corrected chi connectivity index (χ3v) is 6.80. The molecule has 24 heavy (non-hydrogen) atoms. The number of nitrogens with one attached hydrogen (secondary N) is 2. The van der Waals surface area contributed by atoms with Crippen LogP contribution in [-0.2, 0) is 16.8 Å². The van der Waals surface area contributed by atoms with Gasteiger partial charge in [0.05, 0.1) is 12.2 Å². The number of likely N-dealkylation sites (tertiary alicyclic amines) is 1. The molecule has 2 aliphatic heterocycles.